The molecule has 6 heteroatoms. The summed E-state index contributed by atoms with van der Waals surface area (Å²) in [5.41, 5.74) is 2.68. The Balaban J connectivity index is 1.52. The number of rotatable bonds is 5. The van der Waals surface area contributed by atoms with Crippen molar-refractivity contribution in [3.63, 3.8) is 0 Å². The topological polar surface area (TPSA) is 46.9 Å². The van der Waals surface area contributed by atoms with E-state index in [0.717, 1.165) is 30.6 Å². The summed E-state index contributed by atoms with van der Waals surface area (Å²) in [6.45, 7) is 0.770. The van der Waals surface area contributed by atoms with Gasteiger partial charge in [-0.1, -0.05) is 36.4 Å². The molecule has 0 radical (unpaired) electrons. The molecule has 0 saturated carbocycles. The number of nitrogens with zero attached hydrogens (tertiary/aromatic N) is 2. The Kier molecular flexibility index (Phi) is 4.85. The Labute approximate surface area is 160 Å². The van der Waals surface area contributed by atoms with Crippen molar-refractivity contribution in [3.8, 4) is 0 Å². The predicted molar refractivity (Wildman–Crippen MR) is 104 cm³/mol. The molecule has 1 aromatic heterocycles. The highest BCUT2D eigenvalue weighted by Crippen LogP contribution is 2.20. The molecule has 4 rings (SSSR count). The number of aromatic nitrogens is 2. The molecule has 0 unspecified atom stereocenters. The molecular weight excluding hydrogens is 360 g/mol. The molecule has 3 aromatic carbocycles. The number of nitrogens with one attached hydrogen (secondary N) is 1. The number of benzene rings is 3. The maximum Gasteiger partial charge on any atom is 0.261 e. The Morgan fingerprint density at radius 2 is 1.71 bits per heavy atom. The van der Waals surface area contributed by atoms with Gasteiger partial charge in [-0.2, -0.15) is 0 Å². The average molecular weight is 377 g/mol. The van der Waals surface area contributed by atoms with E-state index in [0.29, 0.717) is 11.2 Å². The third-order valence-electron chi connectivity index (χ3n) is 4.55. The second-order valence-electron chi connectivity index (χ2n) is 6.43. The number of imidazole rings is 1. The van der Waals surface area contributed by atoms with Crippen LogP contribution in [0.2, 0.25) is 0 Å². The molecule has 0 bridgehead atoms. The molecule has 4 nitrogen and oxygen atoms in total. The maximum absolute atomic E-state index is 13.8. The van der Waals surface area contributed by atoms with Gasteiger partial charge in [-0.25, -0.2) is 13.8 Å². The molecular formula is C22H17F2N3O. The van der Waals surface area contributed by atoms with Crippen molar-refractivity contribution in [2.75, 3.05) is 5.32 Å². The fourth-order valence-electron chi connectivity index (χ4n) is 3.12. The number of halogens is 2. The van der Waals surface area contributed by atoms with Crippen LogP contribution in [0.1, 0.15) is 15.9 Å². The van der Waals surface area contributed by atoms with Gasteiger partial charge in [0.1, 0.15) is 17.2 Å². The van der Waals surface area contributed by atoms with Crippen molar-refractivity contribution in [1.82, 2.24) is 9.55 Å². The number of carbonyl (C=O) groups is 1. The zero-order valence-corrected chi connectivity index (χ0v) is 14.9. The van der Waals surface area contributed by atoms with Gasteiger partial charge in [0.2, 0.25) is 0 Å². The van der Waals surface area contributed by atoms with Crippen LogP contribution < -0.4 is 5.32 Å². The molecule has 1 amide bonds. The minimum atomic E-state index is -0.899. The second kappa shape index (κ2) is 7.60. The number of hydrogen-bond donors (Lipinski definition) is 1. The highest BCUT2D eigenvalue weighted by Gasteiger charge is 2.17. The monoisotopic (exact) mass is 377 g/mol. The van der Waals surface area contributed by atoms with Gasteiger partial charge in [-0.15, -0.1) is 0 Å². The number of aryl methyl sites for hydroxylation is 2. The summed E-state index contributed by atoms with van der Waals surface area (Å²) < 4.78 is 29.6. The molecule has 28 heavy (non-hydrogen) atoms. The van der Waals surface area contributed by atoms with Crippen molar-refractivity contribution in [2.45, 2.75) is 13.0 Å². The molecule has 0 fully saturated rings. The van der Waals surface area contributed by atoms with Crippen molar-refractivity contribution < 1.29 is 13.6 Å². The molecule has 0 aliphatic carbocycles. The van der Waals surface area contributed by atoms with E-state index in [4.69, 9.17) is 0 Å². The SMILES string of the molecule is O=C(Nc1ccc2c(c1)ncn2CCc1ccccc1)c1c(F)cccc1F. The number of anilines is 1. The van der Waals surface area contributed by atoms with Crippen LogP contribution in [0.4, 0.5) is 14.5 Å². The predicted octanol–water partition coefficient (Wildman–Crippen LogP) is 4.81. The Morgan fingerprint density at radius 1 is 0.964 bits per heavy atom. The lowest BCUT2D eigenvalue weighted by molar-refractivity contribution is 0.101. The lowest BCUT2D eigenvalue weighted by atomic mass is 10.1. The fraction of sp³-hybridized carbons (Fsp3) is 0.0909. The van der Waals surface area contributed by atoms with Crippen LogP contribution in [0.15, 0.2) is 73.1 Å². The smallest absolute Gasteiger partial charge is 0.261 e. The summed E-state index contributed by atoms with van der Waals surface area (Å²) in [6.07, 6.45) is 2.62. The third kappa shape index (κ3) is 3.62. The highest BCUT2D eigenvalue weighted by atomic mass is 19.1. The summed E-state index contributed by atoms with van der Waals surface area (Å²) >= 11 is 0. The van der Waals surface area contributed by atoms with E-state index in [2.05, 4.69) is 22.4 Å². The van der Waals surface area contributed by atoms with E-state index >= 15 is 0 Å². The Morgan fingerprint density at radius 3 is 2.46 bits per heavy atom. The molecule has 0 saturated heterocycles. The number of fused-ring (bicyclic) bond motifs is 1. The van der Waals surface area contributed by atoms with Gasteiger partial charge < -0.3 is 9.88 Å². The molecule has 140 valence electrons. The largest absolute Gasteiger partial charge is 0.330 e. The molecule has 1 heterocycles. The van der Waals surface area contributed by atoms with Crippen LogP contribution >= 0.6 is 0 Å². The second-order valence-corrected chi connectivity index (χ2v) is 6.43. The van der Waals surface area contributed by atoms with Crippen molar-refractivity contribution in [3.05, 3.63) is 95.8 Å². The lowest BCUT2D eigenvalue weighted by Gasteiger charge is -2.08. The average Bonchev–Trinajstić information content (AvgIpc) is 3.09. The fourth-order valence-corrected chi connectivity index (χ4v) is 3.12. The summed E-state index contributed by atoms with van der Waals surface area (Å²) in [4.78, 5) is 16.6. The summed E-state index contributed by atoms with van der Waals surface area (Å²) in [5, 5.41) is 2.53. The maximum atomic E-state index is 13.8. The van der Waals surface area contributed by atoms with Crippen molar-refractivity contribution >= 4 is 22.6 Å². The highest BCUT2D eigenvalue weighted by molar-refractivity contribution is 6.05. The van der Waals surface area contributed by atoms with Crippen LogP contribution in [0.3, 0.4) is 0 Å². The van der Waals surface area contributed by atoms with Gasteiger partial charge in [0.15, 0.2) is 0 Å². The van der Waals surface area contributed by atoms with E-state index in [9.17, 15) is 13.6 Å². The van der Waals surface area contributed by atoms with Crippen LogP contribution in [-0.4, -0.2) is 15.5 Å². The summed E-state index contributed by atoms with van der Waals surface area (Å²) in [6, 6.07) is 18.7. The van der Waals surface area contributed by atoms with Crippen molar-refractivity contribution in [1.29, 1.82) is 0 Å². The molecule has 0 aliphatic heterocycles. The molecule has 0 atom stereocenters. The van der Waals surface area contributed by atoms with Gasteiger partial charge >= 0.3 is 0 Å². The van der Waals surface area contributed by atoms with Crippen LogP contribution in [0, 0.1) is 11.6 Å². The molecule has 4 aromatic rings. The summed E-state index contributed by atoms with van der Waals surface area (Å²) in [5.74, 6) is -2.63. The van der Waals surface area contributed by atoms with E-state index in [1.807, 2.05) is 28.8 Å². The normalized spacial score (nSPS) is 10.9. The van der Waals surface area contributed by atoms with Gasteiger partial charge in [0, 0.05) is 12.2 Å². The first-order valence-electron chi connectivity index (χ1n) is 8.86. The first kappa shape index (κ1) is 17.9. The number of carbonyl (C=O) groups excluding carboxylic acids is 1. The molecule has 0 spiro atoms. The molecule has 0 aliphatic rings. The van der Waals surface area contributed by atoms with Gasteiger partial charge in [-0.3, -0.25) is 4.79 Å². The number of amides is 1. The van der Waals surface area contributed by atoms with Gasteiger partial charge in [-0.05, 0) is 42.3 Å². The van der Waals surface area contributed by atoms with E-state index in [1.54, 1.807) is 18.5 Å². The van der Waals surface area contributed by atoms with Crippen LogP contribution in [0.25, 0.3) is 11.0 Å². The standard InChI is InChI=1S/C22H17F2N3O/c23-17-7-4-8-18(24)21(17)22(28)26-16-9-10-20-19(13-16)25-14-27(20)12-11-15-5-2-1-3-6-15/h1-10,13-14H,11-12H2,(H,26,28). The third-order valence-corrected chi connectivity index (χ3v) is 4.55. The van der Waals surface area contributed by atoms with E-state index < -0.39 is 23.1 Å². The first-order valence-corrected chi connectivity index (χ1v) is 8.86. The quantitative estimate of drug-likeness (QED) is 0.543. The van der Waals surface area contributed by atoms with Crippen LogP contribution in [-0.2, 0) is 13.0 Å². The Bertz CT molecular complexity index is 1120. The van der Waals surface area contributed by atoms with Gasteiger partial charge in [0.05, 0.1) is 17.4 Å². The summed E-state index contributed by atoms with van der Waals surface area (Å²) in [7, 11) is 0. The zero-order chi connectivity index (χ0) is 19.5. The Hall–Kier alpha value is -3.54. The minimum Gasteiger partial charge on any atom is -0.330 e. The first-order chi connectivity index (χ1) is 13.6. The van der Waals surface area contributed by atoms with E-state index in [-0.39, 0.29) is 0 Å². The van der Waals surface area contributed by atoms with E-state index in [1.165, 1.54) is 11.6 Å². The minimum absolute atomic E-state index is 0.425. The van der Waals surface area contributed by atoms with Crippen LogP contribution in [0.5, 0.6) is 0 Å². The molecule has 1 N–H and O–H groups in total. The zero-order valence-electron chi connectivity index (χ0n) is 14.9. The number of hydrogen-bond acceptors (Lipinski definition) is 2. The lowest BCUT2D eigenvalue weighted by Crippen LogP contribution is -2.15. The van der Waals surface area contributed by atoms with Crippen molar-refractivity contribution in [2.24, 2.45) is 0 Å². The van der Waals surface area contributed by atoms with Gasteiger partial charge in [0.25, 0.3) is 5.91 Å².